The first kappa shape index (κ1) is 19.5. The number of halogens is 3. The number of aryl methyl sites for hydroxylation is 1. The number of benzene rings is 1. The van der Waals surface area contributed by atoms with E-state index in [1.54, 1.807) is 7.05 Å². The number of nitrogens with zero attached hydrogens (tertiary/aromatic N) is 7. The van der Waals surface area contributed by atoms with E-state index in [1.807, 2.05) is 4.90 Å². The summed E-state index contributed by atoms with van der Waals surface area (Å²) in [6.07, 6.45) is -3.40. The summed E-state index contributed by atoms with van der Waals surface area (Å²) >= 11 is 0. The van der Waals surface area contributed by atoms with Crippen LogP contribution in [0.4, 0.5) is 19.0 Å². The quantitative estimate of drug-likeness (QED) is 0.621. The van der Waals surface area contributed by atoms with Crippen molar-refractivity contribution in [3.8, 4) is 0 Å². The highest BCUT2D eigenvalue weighted by molar-refractivity contribution is 7.89. The molecule has 0 aliphatic carbocycles. The summed E-state index contributed by atoms with van der Waals surface area (Å²) in [7, 11) is -2.61. The van der Waals surface area contributed by atoms with E-state index in [9.17, 15) is 21.6 Å². The molecule has 154 valence electrons. The van der Waals surface area contributed by atoms with Crippen molar-refractivity contribution in [2.24, 2.45) is 7.05 Å². The van der Waals surface area contributed by atoms with Gasteiger partial charge in [0.05, 0.1) is 10.5 Å². The van der Waals surface area contributed by atoms with Gasteiger partial charge in [-0.05, 0) is 12.1 Å². The molecule has 1 aromatic carbocycles. The number of rotatable bonds is 3. The molecular formula is C16H16F3N7O2S. The SMILES string of the molecule is Cn1nnc2c(N3CCN(S(=O)(=O)c4ccccc4C(F)(F)F)CC3)ncnc21. The van der Waals surface area contributed by atoms with Crippen LogP contribution in [0.15, 0.2) is 35.5 Å². The monoisotopic (exact) mass is 427 g/mol. The van der Waals surface area contributed by atoms with Crippen molar-refractivity contribution in [2.45, 2.75) is 11.1 Å². The molecule has 0 amide bonds. The molecule has 1 aliphatic rings. The summed E-state index contributed by atoms with van der Waals surface area (Å²) in [6, 6.07) is 4.21. The number of fused-ring (bicyclic) bond motifs is 1. The number of piperazine rings is 1. The Balaban J connectivity index is 1.59. The van der Waals surface area contributed by atoms with E-state index in [4.69, 9.17) is 0 Å². The Morgan fingerprint density at radius 1 is 1.03 bits per heavy atom. The van der Waals surface area contributed by atoms with Gasteiger partial charge in [0.2, 0.25) is 10.0 Å². The maximum Gasteiger partial charge on any atom is 0.417 e. The highest BCUT2D eigenvalue weighted by Crippen LogP contribution is 2.35. The van der Waals surface area contributed by atoms with Gasteiger partial charge in [0.15, 0.2) is 17.0 Å². The molecule has 0 radical (unpaired) electrons. The smallest absolute Gasteiger partial charge is 0.352 e. The summed E-state index contributed by atoms with van der Waals surface area (Å²) in [4.78, 5) is 9.41. The topological polar surface area (TPSA) is 97.1 Å². The van der Waals surface area contributed by atoms with Crippen LogP contribution in [-0.4, -0.2) is 63.9 Å². The molecule has 29 heavy (non-hydrogen) atoms. The van der Waals surface area contributed by atoms with Gasteiger partial charge in [-0.1, -0.05) is 17.3 Å². The summed E-state index contributed by atoms with van der Waals surface area (Å²) in [5.74, 6) is 0.510. The fraction of sp³-hybridized carbons (Fsp3) is 0.375. The highest BCUT2D eigenvalue weighted by atomic mass is 32.2. The molecule has 2 aromatic heterocycles. The predicted molar refractivity (Wildman–Crippen MR) is 96.5 cm³/mol. The van der Waals surface area contributed by atoms with Crippen LogP contribution in [0.25, 0.3) is 11.2 Å². The van der Waals surface area contributed by atoms with E-state index in [2.05, 4.69) is 20.3 Å². The van der Waals surface area contributed by atoms with Crippen LogP contribution in [-0.2, 0) is 23.2 Å². The molecule has 3 aromatic rings. The zero-order chi connectivity index (χ0) is 20.8. The first-order valence-corrected chi connectivity index (χ1v) is 10.1. The Labute approximate surface area is 163 Å². The van der Waals surface area contributed by atoms with Crippen molar-refractivity contribution in [2.75, 3.05) is 31.1 Å². The maximum atomic E-state index is 13.3. The van der Waals surface area contributed by atoms with Crippen LogP contribution < -0.4 is 4.90 Å². The lowest BCUT2D eigenvalue weighted by Crippen LogP contribution is -2.49. The Bertz CT molecular complexity index is 1150. The maximum absolute atomic E-state index is 13.3. The van der Waals surface area contributed by atoms with Crippen molar-refractivity contribution in [1.29, 1.82) is 0 Å². The van der Waals surface area contributed by atoms with Crippen LogP contribution in [0, 0.1) is 0 Å². The number of hydrogen-bond donors (Lipinski definition) is 0. The van der Waals surface area contributed by atoms with Crippen molar-refractivity contribution >= 4 is 27.0 Å². The lowest BCUT2D eigenvalue weighted by Gasteiger charge is -2.34. The molecular weight excluding hydrogens is 411 g/mol. The van der Waals surface area contributed by atoms with Gasteiger partial charge in [-0.15, -0.1) is 5.10 Å². The standard InChI is InChI=1S/C16H16F3N7O2S/c1-24-14-13(22-23-24)15(21-10-20-14)25-6-8-26(9-7-25)29(27,28)12-5-3-2-4-11(12)16(17,18)19/h2-5,10H,6-9H2,1H3. The van der Waals surface area contributed by atoms with E-state index in [0.717, 1.165) is 16.4 Å². The molecule has 13 heteroatoms. The number of anilines is 1. The second-order valence-electron chi connectivity index (χ2n) is 6.47. The molecule has 0 bridgehead atoms. The number of sulfonamides is 1. The molecule has 1 saturated heterocycles. The molecule has 0 atom stereocenters. The molecule has 0 spiro atoms. The van der Waals surface area contributed by atoms with Crippen LogP contribution >= 0.6 is 0 Å². The van der Waals surface area contributed by atoms with Crippen molar-refractivity contribution in [3.05, 3.63) is 36.2 Å². The molecule has 3 heterocycles. The lowest BCUT2D eigenvalue weighted by molar-refractivity contribution is -0.139. The zero-order valence-corrected chi connectivity index (χ0v) is 16.0. The van der Waals surface area contributed by atoms with E-state index < -0.39 is 26.7 Å². The van der Waals surface area contributed by atoms with Crippen LogP contribution in [0.2, 0.25) is 0 Å². The second-order valence-corrected chi connectivity index (χ2v) is 8.37. The summed E-state index contributed by atoms with van der Waals surface area (Å²) in [6.45, 7) is 0.521. The van der Waals surface area contributed by atoms with E-state index in [1.165, 1.54) is 23.1 Å². The average Bonchev–Trinajstić information content (AvgIpc) is 3.09. The first-order valence-electron chi connectivity index (χ1n) is 8.61. The van der Waals surface area contributed by atoms with Gasteiger partial charge in [0.25, 0.3) is 0 Å². The van der Waals surface area contributed by atoms with Gasteiger partial charge in [-0.25, -0.2) is 23.1 Å². The van der Waals surface area contributed by atoms with Gasteiger partial charge >= 0.3 is 6.18 Å². The Morgan fingerprint density at radius 3 is 2.41 bits per heavy atom. The second kappa shape index (κ2) is 6.91. The summed E-state index contributed by atoms with van der Waals surface area (Å²) in [5.41, 5.74) is -0.155. The van der Waals surface area contributed by atoms with E-state index >= 15 is 0 Å². The molecule has 0 N–H and O–H groups in total. The first-order chi connectivity index (χ1) is 13.7. The Hall–Kier alpha value is -2.80. The fourth-order valence-electron chi connectivity index (χ4n) is 3.28. The molecule has 0 saturated carbocycles. The predicted octanol–water partition coefficient (Wildman–Crippen LogP) is 1.29. The third-order valence-corrected chi connectivity index (χ3v) is 6.67. The van der Waals surface area contributed by atoms with E-state index in [0.29, 0.717) is 17.0 Å². The van der Waals surface area contributed by atoms with Crippen LogP contribution in [0.1, 0.15) is 5.56 Å². The minimum atomic E-state index is -4.76. The van der Waals surface area contributed by atoms with Gasteiger partial charge in [-0.2, -0.15) is 17.5 Å². The van der Waals surface area contributed by atoms with Crippen molar-refractivity contribution in [1.82, 2.24) is 29.3 Å². The molecule has 9 nitrogen and oxygen atoms in total. The van der Waals surface area contributed by atoms with Crippen LogP contribution in [0.5, 0.6) is 0 Å². The van der Waals surface area contributed by atoms with Crippen molar-refractivity contribution < 1.29 is 21.6 Å². The lowest BCUT2D eigenvalue weighted by atomic mass is 10.2. The van der Waals surface area contributed by atoms with Crippen molar-refractivity contribution in [3.63, 3.8) is 0 Å². The highest BCUT2D eigenvalue weighted by Gasteiger charge is 2.39. The van der Waals surface area contributed by atoms with E-state index in [-0.39, 0.29) is 26.2 Å². The Morgan fingerprint density at radius 2 is 1.72 bits per heavy atom. The largest absolute Gasteiger partial charge is 0.417 e. The fourth-order valence-corrected chi connectivity index (χ4v) is 4.91. The van der Waals surface area contributed by atoms with Gasteiger partial charge < -0.3 is 4.90 Å². The van der Waals surface area contributed by atoms with Gasteiger partial charge in [-0.3, -0.25) is 0 Å². The zero-order valence-electron chi connectivity index (χ0n) is 15.2. The molecule has 1 aliphatic heterocycles. The number of hydrogen-bond acceptors (Lipinski definition) is 7. The third-order valence-electron chi connectivity index (χ3n) is 4.72. The minimum Gasteiger partial charge on any atom is -0.352 e. The van der Waals surface area contributed by atoms with Gasteiger partial charge in [0, 0.05) is 33.2 Å². The molecule has 0 unspecified atom stereocenters. The molecule has 1 fully saturated rings. The normalized spacial score (nSPS) is 16.5. The third kappa shape index (κ3) is 3.40. The summed E-state index contributed by atoms with van der Waals surface area (Å²) in [5, 5.41) is 7.94. The Kier molecular flexibility index (Phi) is 4.65. The number of aromatic nitrogens is 5. The number of alkyl halides is 3. The summed E-state index contributed by atoms with van der Waals surface area (Å²) < 4.78 is 68.1. The van der Waals surface area contributed by atoms with Gasteiger partial charge in [0.1, 0.15) is 6.33 Å². The average molecular weight is 427 g/mol. The minimum absolute atomic E-state index is 0.0142. The molecule has 4 rings (SSSR count). The van der Waals surface area contributed by atoms with Crippen LogP contribution in [0.3, 0.4) is 0 Å².